The Balaban J connectivity index is 2.70. The van der Waals surface area contributed by atoms with Crippen LogP contribution in [0.25, 0.3) is 11.1 Å². The summed E-state index contributed by atoms with van der Waals surface area (Å²) in [5.74, 6) is -0.280. The van der Waals surface area contributed by atoms with E-state index in [0.29, 0.717) is 41.5 Å². The highest BCUT2D eigenvalue weighted by atomic mass is 19.4. The number of aldehydes is 1. The van der Waals surface area contributed by atoms with Gasteiger partial charge < -0.3 is 9.84 Å². The third-order valence-electron chi connectivity index (χ3n) is 4.38. The zero-order valence-electron chi connectivity index (χ0n) is 14.8. The Hall–Kier alpha value is -2.55. The molecule has 0 unspecified atom stereocenters. The number of methoxy groups -OCH3 is 1. The zero-order chi connectivity index (χ0) is 21.3. The molecule has 9 heteroatoms. The predicted octanol–water partition coefficient (Wildman–Crippen LogP) is 5.05. The van der Waals surface area contributed by atoms with Crippen molar-refractivity contribution in [3.05, 3.63) is 53.1 Å². The molecule has 2 aromatic rings. The summed E-state index contributed by atoms with van der Waals surface area (Å²) in [6.45, 7) is 1.78. The van der Waals surface area contributed by atoms with Gasteiger partial charge in [-0.2, -0.15) is 26.3 Å². The molecular weight excluding hydrogens is 390 g/mol. The van der Waals surface area contributed by atoms with E-state index in [1.807, 2.05) is 0 Å². The van der Waals surface area contributed by atoms with E-state index >= 15 is 0 Å². The molecule has 1 N–H and O–H groups in total. The largest absolute Gasteiger partial charge is 0.496 e. The summed E-state index contributed by atoms with van der Waals surface area (Å²) < 4.78 is 83.6. The number of rotatable bonds is 5. The minimum absolute atomic E-state index is 0.229. The SMILES string of the molecule is CCc1cc(C=O)ccc1-c1ccc(C(O)(C(F)(F)F)C(F)(F)F)cc1OC. The Bertz CT molecular complexity index is 857. The lowest BCUT2D eigenvalue weighted by Crippen LogP contribution is -2.53. The molecule has 0 amide bonds. The van der Waals surface area contributed by atoms with Crippen molar-refractivity contribution in [3.63, 3.8) is 0 Å². The summed E-state index contributed by atoms with van der Waals surface area (Å²) >= 11 is 0. The molecule has 0 atom stereocenters. The summed E-state index contributed by atoms with van der Waals surface area (Å²) in [6, 6.07) is 6.66. The fourth-order valence-electron chi connectivity index (χ4n) is 2.87. The summed E-state index contributed by atoms with van der Waals surface area (Å²) in [4.78, 5) is 10.9. The van der Waals surface area contributed by atoms with Crippen molar-refractivity contribution in [1.29, 1.82) is 0 Å². The molecule has 2 aromatic carbocycles. The normalized spacial score (nSPS) is 12.8. The van der Waals surface area contributed by atoms with Gasteiger partial charge in [0.05, 0.1) is 7.11 Å². The molecule has 28 heavy (non-hydrogen) atoms. The quantitative estimate of drug-likeness (QED) is 0.559. The van der Waals surface area contributed by atoms with E-state index in [-0.39, 0.29) is 11.3 Å². The minimum Gasteiger partial charge on any atom is -0.496 e. The van der Waals surface area contributed by atoms with Crippen LogP contribution in [0.4, 0.5) is 26.3 Å². The van der Waals surface area contributed by atoms with Gasteiger partial charge in [0, 0.05) is 16.7 Å². The van der Waals surface area contributed by atoms with Gasteiger partial charge in [0.2, 0.25) is 0 Å². The van der Waals surface area contributed by atoms with Crippen LogP contribution < -0.4 is 4.74 Å². The molecule has 152 valence electrons. The van der Waals surface area contributed by atoms with Gasteiger partial charge in [-0.25, -0.2) is 0 Å². The molecule has 0 aliphatic heterocycles. The number of aryl methyl sites for hydroxylation is 1. The van der Waals surface area contributed by atoms with Crippen molar-refractivity contribution >= 4 is 6.29 Å². The summed E-state index contributed by atoms with van der Waals surface area (Å²) in [6.07, 6.45) is -10.9. The van der Waals surface area contributed by atoms with E-state index in [2.05, 4.69) is 0 Å². The van der Waals surface area contributed by atoms with Gasteiger partial charge in [0.25, 0.3) is 5.60 Å². The van der Waals surface area contributed by atoms with Crippen LogP contribution in [0.1, 0.15) is 28.4 Å². The number of carbonyl (C=O) groups is 1. The van der Waals surface area contributed by atoms with Crippen LogP contribution in [0.2, 0.25) is 0 Å². The number of hydrogen-bond donors (Lipinski definition) is 1. The topological polar surface area (TPSA) is 46.5 Å². The molecule has 0 bridgehead atoms. The van der Waals surface area contributed by atoms with Crippen molar-refractivity contribution in [2.45, 2.75) is 31.3 Å². The van der Waals surface area contributed by atoms with Crippen LogP contribution in [0.5, 0.6) is 5.75 Å². The molecule has 0 saturated carbocycles. The first-order valence-corrected chi connectivity index (χ1v) is 8.03. The van der Waals surface area contributed by atoms with Gasteiger partial charge in [-0.05, 0) is 29.7 Å². The van der Waals surface area contributed by atoms with Gasteiger partial charge in [-0.1, -0.05) is 31.2 Å². The number of alkyl halides is 6. The second kappa shape index (κ2) is 7.46. The van der Waals surface area contributed by atoms with Gasteiger partial charge in [-0.15, -0.1) is 0 Å². The second-order valence-corrected chi connectivity index (χ2v) is 6.01. The van der Waals surface area contributed by atoms with Gasteiger partial charge >= 0.3 is 12.4 Å². The van der Waals surface area contributed by atoms with E-state index in [9.17, 15) is 36.2 Å². The number of halogens is 6. The molecular formula is C19H16F6O3. The highest BCUT2D eigenvalue weighted by molar-refractivity contribution is 5.80. The lowest BCUT2D eigenvalue weighted by Gasteiger charge is -2.33. The van der Waals surface area contributed by atoms with Gasteiger partial charge in [0.15, 0.2) is 0 Å². The van der Waals surface area contributed by atoms with Crippen LogP contribution in [0, 0.1) is 0 Å². The van der Waals surface area contributed by atoms with E-state index in [4.69, 9.17) is 4.74 Å². The van der Waals surface area contributed by atoms with E-state index in [0.717, 1.165) is 13.2 Å². The number of aliphatic hydroxyl groups is 1. The van der Waals surface area contributed by atoms with Crippen molar-refractivity contribution in [1.82, 2.24) is 0 Å². The van der Waals surface area contributed by atoms with Crippen LogP contribution in [-0.2, 0) is 12.0 Å². The number of hydrogen-bond acceptors (Lipinski definition) is 3. The minimum atomic E-state index is -5.99. The standard InChI is InChI=1S/C19H16F6O3/c1-3-12-8-11(10-26)4-6-14(12)15-7-5-13(9-16(15)28-2)17(27,18(20,21)22)19(23,24)25/h4-10,27H,3H2,1-2H3. The predicted molar refractivity (Wildman–Crippen MR) is 89.2 cm³/mol. The Kier molecular flexibility index (Phi) is 5.79. The van der Waals surface area contributed by atoms with Crippen molar-refractivity contribution in [2.75, 3.05) is 7.11 Å². The van der Waals surface area contributed by atoms with Gasteiger partial charge in [-0.3, -0.25) is 4.79 Å². The third-order valence-corrected chi connectivity index (χ3v) is 4.38. The highest BCUT2D eigenvalue weighted by Gasteiger charge is 2.71. The van der Waals surface area contributed by atoms with Crippen molar-refractivity contribution < 1.29 is 41.0 Å². The number of ether oxygens (including phenoxy) is 1. The van der Waals surface area contributed by atoms with Crippen molar-refractivity contribution in [2.24, 2.45) is 0 Å². The zero-order valence-corrected chi connectivity index (χ0v) is 14.8. The van der Waals surface area contributed by atoms with E-state index < -0.39 is 23.5 Å². The summed E-state index contributed by atoms with van der Waals surface area (Å²) in [5, 5.41) is 9.56. The molecule has 3 nitrogen and oxygen atoms in total. The lowest BCUT2D eigenvalue weighted by molar-refractivity contribution is -0.376. The first-order valence-electron chi connectivity index (χ1n) is 8.03. The van der Waals surface area contributed by atoms with E-state index in [1.54, 1.807) is 13.0 Å². The maximum atomic E-state index is 13.1. The first kappa shape index (κ1) is 21.7. The molecule has 0 heterocycles. The fraction of sp³-hybridized carbons (Fsp3) is 0.316. The van der Waals surface area contributed by atoms with Crippen LogP contribution in [0.3, 0.4) is 0 Å². The highest BCUT2D eigenvalue weighted by Crippen LogP contribution is 2.51. The Morgan fingerprint density at radius 1 is 0.964 bits per heavy atom. The van der Waals surface area contributed by atoms with Gasteiger partial charge in [0.1, 0.15) is 12.0 Å². The summed E-state index contributed by atoms with van der Waals surface area (Å²) in [7, 11) is 1.09. The molecule has 2 rings (SSSR count). The van der Waals surface area contributed by atoms with Crippen LogP contribution in [0.15, 0.2) is 36.4 Å². The third kappa shape index (κ3) is 3.58. The second-order valence-electron chi connectivity index (χ2n) is 6.01. The molecule has 0 aliphatic rings. The molecule has 0 aromatic heterocycles. The Labute approximate surface area is 156 Å². The molecule has 0 saturated heterocycles. The van der Waals surface area contributed by atoms with Crippen LogP contribution in [-0.4, -0.2) is 30.9 Å². The maximum absolute atomic E-state index is 13.1. The average molecular weight is 406 g/mol. The molecule has 0 spiro atoms. The lowest BCUT2D eigenvalue weighted by atomic mass is 9.88. The fourth-order valence-corrected chi connectivity index (χ4v) is 2.87. The average Bonchev–Trinajstić information content (AvgIpc) is 2.64. The molecule has 0 radical (unpaired) electrons. The smallest absolute Gasteiger partial charge is 0.430 e. The number of carbonyl (C=O) groups excluding carboxylic acids is 1. The van der Waals surface area contributed by atoms with Crippen molar-refractivity contribution in [3.8, 4) is 16.9 Å². The Morgan fingerprint density at radius 2 is 1.54 bits per heavy atom. The Morgan fingerprint density at radius 3 is 2.00 bits per heavy atom. The number of benzene rings is 2. The van der Waals surface area contributed by atoms with Crippen LogP contribution >= 0.6 is 0 Å². The monoisotopic (exact) mass is 406 g/mol. The molecule has 0 fully saturated rings. The summed E-state index contributed by atoms with van der Waals surface area (Å²) in [5.41, 5.74) is -4.71. The first-order chi connectivity index (χ1) is 12.9. The molecule has 0 aliphatic carbocycles. The van der Waals surface area contributed by atoms with E-state index in [1.165, 1.54) is 12.1 Å². The maximum Gasteiger partial charge on any atom is 0.430 e.